The SMILES string of the molecule is CN(C)c1ccc(C2=N[N+](=C3C=CC(=C4C=C(c5ccccc5)SC(c5ccccc5)=C4)C=C3)[C@H](c3ccccc3)C2)cc1. The second-order valence-electron chi connectivity index (χ2n) is 11.3. The monoisotopic (exact) mass is 588 g/mol. The Bertz CT molecular complexity index is 1810. The quantitative estimate of drug-likeness (QED) is 0.216. The van der Waals surface area contributed by atoms with E-state index in [1.807, 2.05) is 11.8 Å². The summed E-state index contributed by atoms with van der Waals surface area (Å²) in [6.45, 7) is 0. The first-order chi connectivity index (χ1) is 21.6. The maximum absolute atomic E-state index is 5.21. The van der Waals surface area contributed by atoms with Gasteiger partial charge in [0.15, 0.2) is 0 Å². The molecule has 0 bridgehead atoms. The second kappa shape index (κ2) is 12.4. The van der Waals surface area contributed by atoms with E-state index in [9.17, 15) is 0 Å². The van der Waals surface area contributed by atoms with Crippen LogP contribution in [0.25, 0.3) is 9.81 Å². The van der Waals surface area contributed by atoms with Crippen molar-refractivity contribution in [2.24, 2.45) is 5.10 Å². The molecule has 0 saturated carbocycles. The number of allylic oxidation sites excluding steroid dienone is 8. The predicted octanol–water partition coefficient (Wildman–Crippen LogP) is 9.31. The Morgan fingerprint density at radius 3 is 1.70 bits per heavy atom. The van der Waals surface area contributed by atoms with Crippen LogP contribution in [-0.2, 0) is 0 Å². The van der Waals surface area contributed by atoms with Gasteiger partial charge < -0.3 is 4.90 Å². The molecule has 0 N–H and O–H groups in total. The molecular weight excluding hydrogens is 555 g/mol. The molecule has 3 nitrogen and oxygen atoms in total. The molecule has 0 amide bonds. The van der Waals surface area contributed by atoms with Crippen molar-refractivity contribution < 1.29 is 4.68 Å². The van der Waals surface area contributed by atoms with Crippen LogP contribution in [0.5, 0.6) is 0 Å². The lowest BCUT2D eigenvalue weighted by molar-refractivity contribution is -0.566. The van der Waals surface area contributed by atoms with E-state index >= 15 is 0 Å². The molecule has 4 aromatic carbocycles. The van der Waals surface area contributed by atoms with Gasteiger partial charge in [-0.2, -0.15) is 0 Å². The lowest BCUT2D eigenvalue weighted by atomic mass is 9.97. The zero-order valence-corrected chi connectivity index (χ0v) is 25.8. The fraction of sp³-hybridized carbons (Fsp3) is 0.100. The highest BCUT2D eigenvalue weighted by molar-refractivity contribution is 8.16. The average Bonchev–Trinajstić information content (AvgIpc) is 3.55. The number of hydrogen-bond donors (Lipinski definition) is 0. The molecule has 3 aliphatic rings. The van der Waals surface area contributed by atoms with Gasteiger partial charge in [-0.1, -0.05) is 120 Å². The largest absolute Gasteiger partial charge is 0.378 e. The fourth-order valence-corrected chi connectivity index (χ4v) is 6.89. The Morgan fingerprint density at radius 2 is 1.16 bits per heavy atom. The first kappa shape index (κ1) is 27.9. The van der Waals surface area contributed by atoms with Crippen LogP contribution in [0, 0.1) is 0 Å². The normalized spacial score (nSPS) is 17.9. The van der Waals surface area contributed by atoms with Gasteiger partial charge in [0.05, 0.1) is 6.42 Å². The van der Waals surface area contributed by atoms with E-state index in [0.717, 1.165) is 17.8 Å². The van der Waals surface area contributed by atoms with Gasteiger partial charge >= 0.3 is 0 Å². The molecule has 214 valence electrons. The summed E-state index contributed by atoms with van der Waals surface area (Å²) in [5.74, 6) is 0. The van der Waals surface area contributed by atoms with E-state index in [-0.39, 0.29) is 6.04 Å². The van der Waals surface area contributed by atoms with Gasteiger partial charge in [-0.15, -0.1) is 0 Å². The number of rotatable bonds is 5. The van der Waals surface area contributed by atoms with Crippen LogP contribution in [0.1, 0.15) is 34.7 Å². The third kappa shape index (κ3) is 5.82. The third-order valence-electron chi connectivity index (χ3n) is 8.19. The van der Waals surface area contributed by atoms with Gasteiger partial charge in [-0.25, -0.2) is 0 Å². The van der Waals surface area contributed by atoms with Crippen molar-refractivity contribution in [1.29, 1.82) is 0 Å². The Labute approximate surface area is 264 Å². The van der Waals surface area contributed by atoms with E-state index < -0.39 is 0 Å². The molecule has 0 fully saturated rings. The summed E-state index contributed by atoms with van der Waals surface area (Å²) < 4.78 is 2.20. The molecular formula is C40H34N3S+. The molecule has 2 aliphatic heterocycles. The first-order valence-electron chi connectivity index (χ1n) is 15.0. The summed E-state index contributed by atoms with van der Waals surface area (Å²) in [6.07, 6.45) is 14.4. The number of benzene rings is 4. The van der Waals surface area contributed by atoms with E-state index in [1.54, 1.807) is 0 Å². The molecule has 4 aromatic rings. The van der Waals surface area contributed by atoms with Crippen molar-refractivity contribution >= 4 is 38.7 Å². The molecule has 44 heavy (non-hydrogen) atoms. The van der Waals surface area contributed by atoms with Gasteiger partial charge in [0.25, 0.3) is 0 Å². The van der Waals surface area contributed by atoms with E-state index in [2.05, 4.69) is 175 Å². The number of nitrogens with zero attached hydrogens (tertiary/aromatic N) is 3. The summed E-state index contributed by atoms with van der Waals surface area (Å²) >= 11 is 1.83. The van der Waals surface area contributed by atoms with Crippen LogP contribution in [0.15, 0.2) is 168 Å². The first-order valence-corrected chi connectivity index (χ1v) is 15.8. The smallest absolute Gasteiger partial charge is 0.232 e. The average molecular weight is 589 g/mol. The van der Waals surface area contributed by atoms with Crippen molar-refractivity contribution in [1.82, 2.24) is 0 Å². The summed E-state index contributed by atoms with van der Waals surface area (Å²) in [5.41, 5.74) is 10.7. The lowest BCUT2D eigenvalue weighted by Gasteiger charge is -2.18. The zero-order valence-electron chi connectivity index (χ0n) is 25.0. The molecule has 0 unspecified atom stereocenters. The lowest BCUT2D eigenvalue weighted by Crippen LogP contribution is -2.17. The molecule has 1 aliphatic carbocycles. The van der Waals surface area contributed by atoms with Crippen LogP contribution in [0.4, 0.5) is 5.69 Å². The minimum Gasteiger partial charge on any atom is -0.378 e. The Kier molecular flexibility index (Phi) is 7.83. The van der Waals surface area contributed by atoms with E-state index in [1.165, 1.54) is 48.9 Å². The number of hydrazone groups is 1. The van der Waals surface area contributed by atoms with Crippen LogP contribution in [0.3, 0.4) is 0 Å². The van der Waals surface area contributed by atoms with Crippen molar-refractivity contribution in [3.63, 3.8) is 0 Å². The van der Waals surface area contributed by atoms with Gasteiger partial charge in [0.2, 0.25) is 11.8 Å². The highest BCUT2D eigenvalue weighted by Crippen LogP contribution is 2.44. The zero-order chi connectivity index (χ0) is 29.9. The summed E-state index contributed by atoms with van der Waals surface area (Å²) in [6, 6.07) is 40.9. The Balaban J connectivity index is 1.28. The Hall–Kier alpha value is -4.93. The fourth-order valence-electron chi connectivity index (χ4n) is 5.77. The van der Waals surface area contributed by atoms with E-state index in [4.69, 9.17) is 5.10 Å². The molecule has 1 atom stereocenters. The van der Waals surface area contributed by atoms with E-state index in [0.29, 0.717) is 0 Å². The number of anilines is 1. The summed E-state index contributed by atoms with van der Waals surface area (Å²) in [5, 5.41) is 5.21. The molecule has 0 radical (unpaired) electrons. The van der Waals surface area contributed by atoms with Crippen molar-refractivity contribution in [2.45, 2.75) is 12.5 Å². The Morgan fingerprint density at radius 1 is 0.614 bits per heavy atom. The van der Waals surface area contributed by atoms with Gasteiger partial charge in [0, 0.05) is 52.9 Å². The highest BCUT2D eigenvalue weighted by Gasteiger charge is 2.36. The minimum absolute atomic E-state index is 0.137. The number of hydrogen-bond acceptors (Lipinski definition) is 3. The number of thioether (sulfide) groups is 1. The maximum Gasteiger partial charge on any atom is 0.232 e. The van der Waals surface area contributed by atoms with Gasteiger partial charge in [-0.3, -0.25) is 0 Å². The minimum atomic E-state index is 0.137. The predicted molar refractivity (Wildman–Crippen MR) is 188 cm³/mol. The third-order valence-corrected chi connectivity index (χ3v) is 9.33. The van der Waals surface area contributed by atoms with Crippen molar-refractivity contribution in [2.75, 3.05) is 19.0 Å². The molecule has 0 aromatic heterocycles. The van der Waals surface area contributed by atoms with Crippen LogP contribution >= 0.6 is 11.8 Å². The molecule has 7 rings (SSSR count). The topological polar surface area (TPSA) is 18.6 Å². The van der Waals surface area contributed by atoms with Crippen LogP contribution < -0.4 is 4.90 Å². The molecule has 4 heteroatoms. The van der Waals surface area contributed by atoms with Gasteiger partial charge in [0.1, 0.15) is 5.71 Å². The standard InChI is InChI=1S/C40H34N3S/c1-42(2)35-22-20-30(21-23-35)37-28-38(31-12-6-3-7-13-31)43(41-37)36-24-18-29(19-25-36)34-26-39(32-14-8-4-9-15-32)44-40(27-34)33-16-10-5-11-17-33/h3-27,38H,28H2,1-2H3/q+1/t38-/m0/s1. The summed E-state index contributed by atoms with van der Waals surface area (Å²) in [7, 11) is 4.14. The molecule has 0 spiro atoms. The van der Waals surface area contributed by atoms with Crippen LogP contribution in [0.2, 0.25) is 0 Å². The highest BCUT2D eigenvalue weighted by atomic mass is 32.2. The molecule has 0 saturated heterocycles. The molecule has 2 heterocycles. The van der Waals surface area contributed by atoms with Crippen molar-refractivity contribution in [3.8, 4) is 0 Å². The van der Waals surface area contributed by atoms with Crippen LogP contribution in [-0.4, -0.2) is 30.2 Å². The van der Waals surface area contributed by atoms with Gasteiger partial charge in [-0.05, 0) is 63.8 Å². The maximum atomic E-state index is 5.21. The van der Waals surface area contributed by atoms with Crippen molar-refractivity contribution in [3.05, 3.63) is 185 Å². The second-order valence-corrected chi connectivity index (χ2v) is 12.4. The summed E-state index contributed by atoms with van der Waals surface area (Å²) in [4.78, 5) is 4.63.